The quantitative estimate of drug-likeness (QED) is 0.779. The summed E-state index contributed by atoms with van der Waals surface area (Å²) in [5.74, 6) is -1.55. The lowest BCUT2D eigenvalue weighted by Gasteiger charge is -2.36. The molecule has 2 nitrogen and oxygen atoms in total. The molecule has 0 amide bonds. The van der Waals surface area contributed by atoms with Gasteiger partial charge in [-0.25, -0.2) is 8.78 Å². The van der Waals surface area contributed by atoms with Gasteiger partial charge in [0.2, 0.25) is 0 Å². The van der Waals surface area contributed by atoms with E-state index >= 15 is 0 Å². The predicted octanol–water partition coefficient (Wildman–Crippen LogP) is 3.41. The fraction of sp³-hybridized carbons (Fsp3) is 0.533. The average molecular weight is 267 g/mol. The maximum atomic E-state index is 13.8. The fourth-order valence-electron chi connectivity index (χ4n) is 2.70. The first kappa shape index (κ1) is 14.1. The van der Waals surface area contributed by atoms with Crippen LogP contribution < -0.4 is 0 Å². The topological polar surface area (TPSA) is 20.3 Å². The Hall–Kier alpha value is -1.29. The molecule has 4 heteroatoms. The summed E-state index contributed by atoms with van der Waals surface area (Å²) in [6.45, 7) is 5.42. The molecule has 0 saturated carbocycles. The molecule has 1 aliphatic rings. The van der Waals surface area contributed by atoms with Gasteiger partial charge in [0, 0.05) is 0 Å². The van der Waals surface area contributed by atoms with Gasteiger partial charge in [0.1, 0.15) is 11.6 Å². The first-order valence-electron chi connectivity index (χ1n) is 6.74. The molecule has 0 aromatic heterocycles. The van der Waals surface area contributed by atoms with Gasteiger partial charge < -0.3 is 0 Å². The smallest absolute Gasteiger partial charge is 0.185 e. The van der Waals surface area contributed by atoms with E-state index in [4.69, 9.17) is 0 Å². The van der Waals surface area contributed by atoms with Crippen molar-refractivity contribution in [2.45, 2.75) is 38.6 Å². The minimum absolute atomic E-state index is 0.142. The zero-order valence-corrected chi connectivity index (χ0v) is 11.4. The maximum Gasteiger partial charge on any atom is 0.185 e. The molecule has 1 heterocycles. The van der Waals surface area contributed by atoms with E-state index in [1.54, 1.807) is 0 Å². The Balaban J connectivity index is 2.37. The van der Waals surface area contributed by atoms with Crippen molar-refractivity contribution in [3.63, 3.8) is 0 Å². The predicted molar refractivity (Wildman–Crippen MR) is 70.2 cm³/mol. The molecule has 1 aliphatic heterocycles. The summed E-state index contributed by atoms with van der Waals surface area (Å²) in [5, 5.41) is 0. The molecule has 1 atom stereocenters. The van der Waals surface area contributed by atoms with Crippen molar-refractivity contribution in [2.24, 2.45) is 0 Å². The molecule has 1 aromatic rings. The standard InChI is InChI=1S/C15H19F2NO/c1-3-15(2,18-8-4-5-9-18)14(19)12-10-11(16)6-7-13(12)17/h6-7,10H,3-5,8-9H2,1-2H3. The molecule has 0 aliphatic carbocycles. The molecular formula is C15H19F2NO. The molecule has 19 heavy (non-hydrogen) atoms. The van der Waals surface area contributed by atoms with Crippen molar-refractivity contribution in [2.75, 3.05) is 13.1 Å². The zero-order chi connectivity index (χ0) is 14.0. The van der Waals surface area contributed by atoms with Crippen LogP contribution in [-0.2, 0) is 0 Å². The molecule has 1 fully saturated rings. The van der Waals surface area contributed by atoms with Gasteiger partial charge in [-0.1, -0.05) is 6.92 Å². The number of halogens is 2. The Bertz CT molecular complexity index is 483. The van der Waals surface area contributed by atoms with Crippen LogP contribution in [0.15, 0.2) is 18.2 Å². The summed E-state index contributed by atoms with van der Waals surface area (Å²) in [7, 11) is 0. The van der Waals surface area contributed by atoms with Crippen LogP contribution in [0, 0.1) is 11.6 Å². The van der Waals surface area contributed by atoms with Crippen molar-refractivity contribution in [1.82, 2.24) is 4.90 Å². The number of carbonyl (C=O) groups excluding carboxylic acids is 1. The minimum atomic E-state index is -0.745. The minimum Gasteiger partial charge on any atom is -0.292 e. The molecule has 1 unspecified atom stereocenters. The highest BCUT2D eigenvalue weighted by Crippen LogP contribution is 2.29. The van der Waals surface area contributed by atoms with Gasteiger partial charge in [0.15, 0.2) is 5.78 Å². The lowest BCUT2D eigenvalue weighted by molar-refractivity contribution is 0.0642. The van der Waals surface area contributed by atoms with Gasteiger partial charge in [-0.15, -0.1) is 0 Å². The van der Waals surface area contributed by atoms with Gasteiger partial charge in [0.05, 0.1) is 11.1 Å². The van der Waals surface area contributed by atoms with Crippen LogP contribution in [0.1, 0.15) is 43.5 Å². The van der Waals surface area contributed by atoms with Gasteiger partial charge >= 0.3 is 0 Å². The first-order valence-corrected chi connectivity index (χ1v) is 6.74. The molecule has 104 valence electrons. The lowest BCUT2D eigenvalue weighted by atomic mass is 9.86. The third-order valence-electron chi connectivity index (χ3n) is 4.15. The van der Waals surface area contributed by atoms with E-state index in [9.17, 15) is 13.6 Å². The van der Waals surface area contributed by atoms with Crippen molar-refractivity contribution < 1.29 is 13.6 Å². The summed E-state index contributed by atoms with van der Waals surface area (Å²) in [6, 6.07) is 3.05. The second-order valence-electron chi connectivity index (χ2n) is 5.27. The number of rotatable bonds is 4. The molecule has 0 spiro atoms. The molecule has 0 bridgehead atoms. The molecule has 1 saturated heterocycles. The van der Waals surface area contributed by atoms with E-state index in [0.29, 0.717) is 6.42 Å². The molecule has 0 N–H and O–H groups in total. The summed E-state index contributed by atoms with van der Waals surface area (Å²) in [6.07, 6.45) is 2.69. The van der Waals surface area contributed by atoms with Gasteiger partial charge in [-0.3, -0.25) is 9.69 Å². The summed E-state index contributed by atoms with van der Waals surface area (Å²) in [4.78, 5) is 14.7. The average Bonchev–Trinajstić information content (AvgIpc) is 2.94. The van der Waals surface area contributed by atoms with Crippen LogP contribution >= 0.6 is 0 Å². The van der Waals surface area contributed by atoms with Gasteiger partial charge in [0.25, 0.3) is 0 Å². The van der Waals surface area contributed by atoms with E-state index in [1.807, 2.05) is 13.8 Å². The van der Waals surface area contributed by atoms with Crippen LogP contribution in [-0.4, -0.2) is 29.3 Å². The number of ketones is 1. The highest BCUT2D eigenvalue weighted by atomic mass is 19.1. The Morgan fingerprint density at radius 2 is 1.95 bits per heavy atom. The lowest BCUT2D eigenvalue weighted by Crippen LogP contribution is -2.50. The van der Waals surface area contributed by atoms with Crippen molar-refractivity contribution in [3.05, 3.63) is 35.4 Å². The van der Waals surface area contributed by atoms with Crippen LogP contribution in [0.3, 0.4) is 0 Å². The Morgan fingerprint density at radius 1 is 1.32 bits per heavy atom. The van der Waals surface area contributed by atoms with Gasteiger partial charge in [-0.05, 0) is 57.5 Å². The van der Waals surface area contributed by atoms with Gasteiger partial charge in [-0.2, -0.15) is 0 Å². The second kappa shape index (κ2) is 5.37. The highest BCUT2D eigenvalue weighted by Gasteiger charge is 2.40. The number of hydrogen-bond donors (Lipinski definition) is 0. The number of Topliss-reactive ketones (excluding diaryl/α,β-unsaturated/α-hetero) is 1. The number of carbonyl (C=O) groups is 1. The van der Waals surface area contributed by atoms with E-state index in [-0.39, 0.29) is 11.3 Å². The maximum absolute atomic E-state index is 13.8. The molecular weight excluding hydrogens is 248 g/mol. The number of benzene rings is 1. The zero-order valence-electron chi connectivity index (χ0n) is 11.4. The van der Waals surface area contributed by atoms with Crippen LogP contribution in [0.2, 0.25) is 0 Å². The first-order chi connectivity index (χ1) is 8.99. The van der Waals surface area contributed by atoms with E-state index in [2.05, 4.69) is 4.90 Å². The number of hydrogen-bond acceptors (Lipinski definition) is 2. The Kier molecular flexibility index (Phi) is 3.99. The second-order valence-corrected chi connectivity index (χ2v) is 5.27. The third-order valence-corrected chi connectivity index (χ3v) is 4.15. The summed E-state index contributed by atoms with van der Waals surface area (Å²) < 4.78 is 27.0. The molecule has 1 aromatic carbocycles. The van der Waals surface area contributed by atoms with E-state index in [0.717, 1.165) is 44.1 Å². The number of likely N-dealkylation sites (tertiary alicyclic amines) is 1. The van der Waals surface area contributed by atoms with E-state index < -0.39 is 17.2 Å². The van der Waals surface area contributed by atoms with Crippen molar-refractivity contribution in [3.8, 4) is 0 Å². The van der Waals surface area contributed by atoms with Crippen molar-refractivity contribution >= 4 is 5.78 Å². The fourth-order valence-corrected chi connectivity index (χ4v) is 2.70. The monoisotopic (exact) mass is 267 g/mol. The highest BCUT2D eigenvalue weighted by molar-refractivity contribution is 6.03. The van der Waals surface area contributed by atoms with Crippen LogP contribution in [0.5, 0.6) is 0 Å². The van der Waals surface area contributed by atoms with E-state index in [1.165, 1.54) is 0 Å². The normalized spacial score (nSPS) is 19.4. The third kappa shape index (κ3) is 2.54. The molecule has 2 rings (SSSR count). The molecule has 0 radical (unpaired) electrons. The van der Waals surface area contributed by atoms with Crippen molar-refractivity contribution in [1.29, 1.82) is 0 Å². The SMILES string of the molecule is CCC(C)(C(=O)c1cc(F)ccc1F)N1CCCC1. The number of nitrogens with zero attached hydrogens (tertiary/aromatic N) is 1. The summed E-state index contributed by atoms with van der Waals surface area (Å²) >= 11 is 0. The largest absolute Gasteiger partial charge is 0.292 e. The summed E-state index contributed by atoms with van der Waals surface area (Å²) in [5.41, 5.74) is -0.887. The van der Waals surface area contributed by atoms with Crippen LogP contribution in [0.25, 0.3) is 0 Å². The Labute approximate surface area is 112 Å². The van der Waals surface area contributed by atoms with Crippen LogP contribution in [0.4, 0.5) is 8.78 Å². The Morgan fingerprint density at radius 3 is 2.53 bits per heavy atom.